The number of ether oxygens (including phenoxy) is 1. The van der Waals surface area contributed by atoms with Crippen molar-refractivity contribution < 1.29 is 23.9 Å². The van der Waals surface area contributed by atoms with Crippen molar-refractivity contribution in [1.82, 2.24) is 0 Å². The number of benzene rings is 2. The van der Waals surface area contributed by atoms with Gasteiger partial charge in [-0.15, -0.1) is 0 Å². The molecule has 0 bridgehead atoms. The number of hydrogen-bond acceptors (Lipinski definition) is 5. The molecule has 1 aliphatic carbocycles. The molecule has 2 aromatic carbocycles. The summed E-state index contributed by atoms with van der Waals surface area (Å²) in [4.78, 5) is 54.0. The number of anilines is 2. The molecule has 34 heavy (non-hydrogen) atoms. The minimum atomic E-state index is -0.626. The number of halogens is 1. The van der Waals surface area contributed by atoms with Gasteiger partial charge in [0.15, 0.2) is 0 Å². The number of carbonyl (C=O) groups is 4. The Balaban J connectivity index is 1.29. The molecule has 3 aliphatic rings. The third kappa shape index (κ3) is 4.01. The van der Waals surface area contributed by atoms with E-state index in [1.807, 2.05) is 13.0 Å². The van der Waals surface area contributed by atoms with Gasteiger partial charge in [-0.25, -0.2) is 4.90 Å². The molecule has 2 aromatic rings. The third-order valence-corrected chi connectivity index (χ3v) is 6.97. The first-order valence-corrected chi connectivity index (χ1v) is 11.6. The molecule has 8 heteroatoms. The maximum absolute atomic E-state index is 13.0. The average Bonchev–Trinajstić information content (AvgIpc) is 3.32. The lowest BCUT2D eigenvalue weighted by Crippen LogP contribution is -2.31. The van der Waals surface area contributed by atoms with Crippen LogP contribution in [0.25, 0.3) is 0 Å². The van der Waals surface area contributed by atoms with Gasteiger partial charge in [0.05, 0.1) is 23.4 Å². The second kappa shape index (κ2) is 8.72. The zero-order chi connectivity index (χ0) is 24.0. The van der Waals surface area contributed by atoms with E-state index in [-0.39, 0.29) is 48.3 Å². The monoisotopic (exact) mass is 478 g/mol. The van der Waals surface area contributed by atoms with Crippen LogP contribution in [-0.2, 0) is 19.2 Å². The first kappa shape index (κ1) is 22.3. The van der Waals surface area contributed by atoms with E-state index in [1.165, 1.54) is 15.9 Å². The highest BCUT2D eigenvalue weighted by Crippen LogP contribution is 2.40. The Labute approximate surface area is 201 Å². The molecular formula is C26H23ClN2O5. The molecule has 7 nitrogen and oxygen atoms in total. The molecular weight excluding hydrogens is 456 g/mol. The fraction of sp³-hybridized carbons (Fsp3) is 0.308. The SMILES string of the molecule is CC1=CC[C@H]2C(=O)N(c3cccc(OC(=O)[C@H]4CC(=O)N(c5ccc(Cl)cc5)C4)c3)C(=O)[C@@H]2C1. The number of imide groups is 1. The van der Waals surface area contributed by atoms with E-state index in [4.69, 9.17) is 16.3 Å². The number of hydrogen-bond donors (Lipinski definition) is 0. The van der Waals surface area contributed by atoms with Crippen LogP contribution in [0.15, 0.2) is 60.2 Å². The van der Waals surface area contributed by atoms with Crippen molar-refractivity contribution in [2.45, 2.75) is 26.2 Å². The van der Waals surface area contributed by atoms with Crippen molar-refractivity contribution in [3.63, 3.8) is 0 Å². The van der Waals surface area contributed by atoms with E-state index in [0.717, 1.165) is 5.57 Å². The number of rotatable bonds is 4. The number of allylic oxidation sites excluding steroid dienone is 2. The molecule has 2 heterocycles. The van der Waals surface area contributed by atoms with Crippen LogP contribution in [0.4, 0.5) is 11.4 Å². The Bertz CT molecular complexity index is 1220. The van der Waals surface area contributed by atoms with Gasteiger partial charge >= 0.3 is 5.97 Å². The fourth-order valence-corrected chi connectivity index (χ4v) is 5.04. The summed E-state index contributed by atoms with van der Waals surface area (Å²) in [6, 6.07) is 13.3. The van der Waals surface area contributed by atoms with Crippen LogP contribution in [0.5, 0.6) is 5.75 Å². The summed E-state index contributed by atoms with van der Waals surface area (Å²) in [6.45, 7) is 2.18. The Morgan fingerprint density at radius 2 is 1.71 bits per heavy atom. The van der Waals surface area contributed by atoms with Crippen LogP contribution in [0.3, 0.4) is 0 Å². The predicted molar refractivity (Wildman–Crippen MR) is 126 cm³/mol. The number of fused-ring (bicyclic) bond motifs is 1. The summed E-state index contributed by atoms with van der Waals surface area (Å²) < 4.78 is 5.56. The van der Waals surface area contributed by atoms with Crippen molar-refractivity contribution in [1.29, 1.82) is 0 Å². The van der Waals surface area contributed by atoms with Gasteiger partial charge in [-0.05, 0) is 56.2 Å². The van der Waals surface area contributed by atoms with Gasteiger partial charge < -0.3 is 9.64 Å². The van der Waals surface area contributed by atoms with Crippen LogP contribution in [0, 0.1) is 17.8 Å². The van der Waals surface area contributed by atoms with Crippen molar-refractivity contribution in [3.8, 4) is 5.75 Å². The second-order valence-corrected chi connectivity index (χ2v) is 9.45. The van der Waals surface area contributed by atoms with E-state index in [9.17, 15) is 19.2 Å². The Kier molecular flexibility index (Phi) is 5.73. The van der Waals surface area contributed by atoms with E-state index in [0.29, 0.717) is 29.2 Å². The van der Waals surface area contributed by atoms with Crippen LogP contribution in [0.1, 0.15) is 26.2 Å². The normalized spacial score (nSPS) is 24.4. The average molecular weight is 479 g/mol. The van der Waals surface area contributed by atoms with E-state index in [1.54, 1.807) is 42.5 Å². The number of amides is 3. The van der Waals surface area contributed by atoms with Gasteiger partial charge in [0.2, 0.25) is 17.7 Å². The van der Waals surface area contributed by atoms with Crippen molar-refractivity contribution in [3.05, 3.63) is 65.2 Å². The first-order valence-electron chi connectivity index (χ1n) is 11.2. The fourth-order valence-electron chi connectivity index (χ4n) is 4.91. The lowest BCUT2D eigenvalue weighted by molar-refractivity contribution is -0.139. The standard InChI is InChI=1S/C26H23ClN2O5/c1-15-5-10-21-22(11-15)25(32)29(24(21)31)19-3-2-4-20(13-19)34-26(33)16-12-23(30)28(14-16)18-8-6-17(27)7-9-18/h2-9,13,16,21-22H,10-12,14H2,1H3/t16-,21+,22+/m0/s1. The maximum atomic E-state index is 13.0. The van der Waals surface area contributed by atoms with Crippen LogP contribution >= 0.6 is 11.6 Å². The molecule has 2 saturated heterocycles. The third-order valence-electron chi connectivity index (χ3n) is 6.71. The van der Waals surface area contributed by atoms with Crippen LogP contribution in [-0.4, -0.2) is 30.2 Å². The molecule has 5 rings (SSSR count). The van der Waals surface area contributed by atoms with Gasteiger partial charge in [-0.3, -0.25) is 19.2 Å². The quantitative estimate of drug-likeness (QED) is 0.285. The molecule has 0 N–H and O–H groups in total. The van der Waals surface area contributed by atoms with Gasteiger partial charge in [0, 0.05) is 29.7 Å². The summed E-state index contributed by atoms with van der Waals surface area (Å²) in [5.41, 5.74) is 2.17. The molecule has 174 valence electrons. The molecule has 3 atom stereocenters. The maximum Gasteiger partial charge on any atom is 0.316 e. The Morgan fingerprint density at radius 3 is 2.47 bits per heavy atom. The minimum Gasteiger partial charge on any atom is -0.426 e. The highest BCUT2D eigenvalue weighted by Gasteiger charge is 2.48. The van der Waals surface area contributed by atoms with Crippen molar-refractivity contribution >= 4 is 46.7 Å². The molecule has 0 spiro atoms. The number of nitrogens with zero attached hydrogens (tertiary/aromatic N) is 2. The highest BCUT2D eigenvalue weighted by atomic mass is 35.5. The molecule has 2 aliphatic heterocycles. The molecule has 0 aromatic heterocycles. The molecule has 0 radical (unpaired) electrons. The number of esters is 1. The smallest absolute Gasteiger partial charge is 0.316 e. The highest BCUT2D eigenvalue weighted by molar-refractivity contribution is 6.30. The van der Waals surface area contributed by atoms with Gasteiger partial charge in [0.1, 0.15) is 5.75 Å². The summed E-state index contributed by atoms with van der Waals surface area (Å²) in [7, 11) is 0. The van der Waals surface area contributed by atoms with Crippen molar-refractivity contribution in [2.24, 2.45) is 17.8 Å². The van der Waals surface area contributed by atoms with Crippen molar-refractivity contribution in [2.75, 3.05) is 16.3 Å². The Morgan fingerprint density at radius 1 is 0.971 bits per heavy atom. The molecule has 3 amide bonds. The van der Waals surface area contributed by atoms with Gasteiger partial charge in [-0.1, -0.05) is 29.3 Å². The number of carbonyl (C=O) groups excluding carboxylic acids is 4. The summed E-state index contributed by atoms with van der Waals surface area (Å²) in [5, 5.41) is 0.562. The first-order chi connectivity index (χ1) is 16.3. The summed E-state index contributed by atoms with van der Waals surface area (Å²) >= 11 is 5.92. The Hall–Kier alpha value is -3.45. The zero-order valence-corrected chi connectivity index (χ0v) is 19.3. The molecule has 0 saturated carbocycles. The van der Waals surface area contributed by atoms with Gasteiger partial charge in [-0.2, -0.15) is 0 Å². The predicted octanol–water partition coefficient (Wildman–Crippen LogP) is 4.14. The topological polar surface area (TPSA) is 84.0 Å². The largest absolute Gasteiger partial charge is 0.426 e. The van der Waals surface area contributed by atoms with Crippen LogP contribution in [0.2, 0.25) is 5.02 Å². The van der Waals surface area contributed by atoms with E-state index >= 15 is 0 Å². The van der Waals surface area contributed by atoms with E-state index in [2.05, 4.69) is 0 Å². The summed E-state index contributed by atoms with van der Waals surface area (Å²) in [6.07, 6.45) is 3.20. The molecule has 0 unspecified atom stereocenters. The minimum absolute atomic E-state index is 0.0416. The summed E-state index contributed by atoms with van der Waals surface area (Å²) in [5.74, 6) is -2.22. The lowest BCUT2D eigenvalue weighted by atomic mass is 9.82. The van der Waals surface area contributed by atoms with E-state index < -0.39 is 11.9 Å². The van der Waals surface area contributed by atoms with Gasteiger partial charge in [0.25, 0.3) is 0 Å². The van der Waals surface area contributed by atoms with Crippen LogP contribution < -0.4 is 14.5 Å². The lowest BCUT2D eigenvalue weighted by Gasteiger charge is -2.18. The molecule has 2 fully saturated rings. The second-order valence-electron chi connectivity index (χ2n) is 9.02. The zero-order valence-electron chi connectivity index (χ0n) is 18.6.